The van der Waals surface area contributed by atoms with E-state index in [2.05, 4.69) is 13.8 Å². The van der Waals surface area contributed by atoms with Crippen LogP contribution in [-0.4, -0.2) is 13.0 Å². The van der Waals surface area contributed by atoms with Gasteiger partial charge < -0.3 is 4.55 Å². The second-order valence-corrected chi connectivity index (χ2v) is 7.44. The molecule has 1 aromatic carbocycles. The van der Waals surface area contributed by atoms with E-state index in [4.69, 9.17) is 0 Å². The molecule has 0 N–H and O–H groups in total. The maximum Gasteiger partial charge on any atom is 1.00 e. The molecular weight excluding hydrogens is 319 g/mol. The molecule has 0 radical (unpaired) electrons. The SMILES string of the molecule is CCCCCCC(CCCCC)c1ccc(S(=O)(=O)[O-])cc1.[Na+]. The predicted molar refractivity (Wildman–Crippen MR) is 90.0 cm³/mol. The van der Waals surface area contributed by atoms with Crippen molar-refractivity contribution in [1.29, 1.82) is 0 Å². The maximum absolute atomic E-state index is 11.0. The molecule has 0 amide bonds. The van der Waals surface area contributed by atoms with Gasteiger partial charge in [0.05, 0.1) is 4.90 Å². The van der Waals surface area contributed by atoms with Crippen molar-refractivity contribution in [2.24, 2.45) is 0 Å². The monoisotopic (exact) mass is 348 g/mol. The van der Waals surface area contributed by atoms with Crippen LogP contribution in [0, 0.1) is 0 Å². The molecule has 1 unspecified atom stereocenters. The molecule has 0 aliphatic carbocycles. The fourth-order valence-electron chi connectivity index (χ4n) is 2.84. The fourth-order valence-corrected chi connectivity index (χ4v) is 3.31. The van der Waals surface area contributed by atoms with Gasteiger partial charge in [0.15, 0.2) is 0 Å². The molecule has 0 fully saturated rings. The van der Waals surface area contributed by atoms with Crippen molar-refractivity contribution in [1.82, 2.24) is 0 Å². The van der Waals surface area contributed by atoms with Gasteiger partial charge in [-0.3, -0.25) is 0 Å². The maximum atomic E-state index is 11.0. The number of unbranched alkanes of at least 4 members (excludes halogenated alkanes) is 5. The summed E-state index contributed by atoms with van der Waals surface area (Å²) >= 11 is 0. The Morgan fingerprint density at radius 1 is 0.870 bits per heavy atom. The average Bonchev–Trinajstić information content (AvgIpc) is 2.49. The second-order valence-electron chi connectivity index (χ2n) is 6.07. The van der Waals surface area contributed by atoms with Crippen molar-refractivity contribution < 1.29 is 42.5 Å². The van der Waals surface area contributed by atoms with E-state index in [1.54, 1.807) is 0 Å². The Kier molecular flexibility index (Phi) is 12.6. The van der Waals surface area contributed by atoms with Gasteiger partial charge in [0.25, 0.3) is 0 Å². The third-order valence-electron chi connectivity index (χ3n) is 4.20. The Labute approximate surface area is 164 Å². The summed E-state index contributed by atoms with van der Waals surface area (Å²) < 4.78 is 33.0. The molecule has 0 aliphatic heterocycles. The minimum absolute atomic E-state index is 0. The first-order valence-corrected chi connectivity index (χ1v) is 9.95. The van der Waals surface area contributed by atoms with Gasteiger partial charge in [-0.05, 0) is 36.5 Å². The summed E-state index contributed by atoms with van der Waals surface area (Å²) in [5.41, 5.74) is 1.17. The molecule has 0 saturated carbocycles. The average molecular weight is 348 g/mol. The van der Waals surface area contributed by atoms with Crippen LogP contribution in [0.2, 0.25) is 0 Å². The minimum atomic E-state index is -4.34. The molecule has 5 heteroatoms. The summed E-state index contributed by atoms with van der Waals surface area (Å²) in [6, 6.07) is 6.55. The second kappa shape index (κ2) is 12.5. The summed E-state index contributed by atoms with van der Waals surface area (Å²) in [5, 5.41) is 0. The van der Waals surface area contributed by atoms with Crippen molar-refractivity contribution in [2.75, 3.05) is 0 Å². The molecular formula is C18H29NaO3S. The summed E-state index contributed by atoms with van der Waals surface area (Å²) in [7, 11) is -4.34. The van der Waals surface area contributed by atoms with Crippen molar-refractivity contribution in [3.05, 3.63) is 29.8 Å². The van der Waals surface area contributed by atoms with Gasteiger partial charge in [-0.25, -0.2) is 8.42 Å². The van der Waals surface area contributed by atoms with E-state index in [1.807, 2.05) is 12.1 Å². The van der Waals surface area contributed by atoms with Gasteiger partial charge in [0.2, 0.25) is 0 Å². The van der Waals surface area contributed by atoms with Crippen LogP contribution in [-0.2, 0) is 10.1 Å². The molecule has 0 spiro atoms. The van der Waals surface area contributed by atoms with E-state index in [0.717, 1.165) is 12.8 Å². The van der Waals surface area contributed by atoms with Crippen LogP contribution in [0.5, 0.6) is 0 Å². The van der Waals surface area contributed by atoms with Crippen LogP contribution >= 0.6 is 0 Å². The topological polar surface area (TPSA) is 57.2 Å². The van der Waals surface area contributed by atoms with Gasteiger partial charge in [-0.1, -0.05) is 70.9 Å². The zero-order chi connectivity index (χ0) is 16.4. The Morgan fingerprint density at radius 3 is 1.83 bits per heavy atom. The molecule has 0 saturated heterocycles. The van der Waals surface area contributed by atoms with Crippen LogP contribution in [0.15, 0.2) is 29.2 Å². The van der Waals surface area contributed by atoms with E-state index in [0.29, 0.717) is 5.92 Å². The number of hydrogen-bond acceptors (Lipinski definition) is 3. The first kappa shape index (κ1) is 23.1. The summed E-state index contributed by atoms with van der Waals surface area (Å²) in [6.07, 6.45) is 10.9. The fraction of sp³-hybridized carbons (Fsp3) is 0.667. The normalized spacial score (nSPS) is 12.7. The minimum Gasteiger partial charge on any atom is -0.744 e. The molecule has 126 valence electrons. The van der Waals surface area contributed by atoms with Crippen molar-refractivity contribution in [3.8, 4) is 0 Å². The zero-order valence-electron chi connectivity index (χ0n) is 14.9. The molecule has 1 rings (SSSR count). The number of benzene rings is 1. The van der Waals surface area contributed by atoms with Crippen LogP contribution in [0.3, 0.4) is 0 Å². The summed E-state index contributed by atoms with van der Waals surface area (Å²) in [4.78, 5) is -0.130. The summed E-state index contributed by atoms with van der Waals surface area (Å²) in [6.45, 7) is 4.41. The molecule has 1 atom stereocenters. The molecule has 23 heavy (non-hydrogen) atoms. The first-order chi connectivity index (χ1) is 10.5. The predicted octanol–water partition coefficient (Wildman–Crippen LogP) is 2.23. The summed E-state index contributed by atoms with van der Waals surface area (Å²) in [5.74, 6) is 0.479. The smallest absolute Gasteiger partial charge is 0.744 e. The molecule has 3 nitrogen and oxygen atoms in total. The molecule has 0 heterocycles. The van der Waals surface area contributed by atoms with Crippen molar-refractivity contribution in [2.45, 2.75) is 82.4 Å². The number of hydrogen-bond donors (Lipinski definition) is 0. The molecule has 0 aliphatic rings. The van der Waals surface area contributed by atoms with Crippen LogP contribution in [0.25, 0.3) is 0 Å². The van der Waals surface area contributed by atoms with E-state index in [1.165, 1.54) is 62.6 Å². The zero-order valence-corrected chi connectivity index (χ0v) is 17.7. The molecule has 0 aromatic heterocycles. The third kappa shape index (κ3) is 9.25. The first-order valence-electron chi connectivity index (χ1n) is 8.54. The standard InChI is InChI=1S/C18H30O3S.Na/c1-3-5-7-9-11-16(10-8-6-4-2)17-12-14-18(15-13-17)22(19,20)21;/h12-16H,3-11H2,1-2H3,(H,19,20,21);/q;+1/p-1. The van der Waals surface area contributed by atoms with Gasteiger partial charge in [-0.2, -0.15) is 0 Å². The van der Waals surface area contributed by atoms with Gasteiger partial charge >= 0.3 is 29.6 Å². The Hall–Kier alpha value is 0.130. The Balaban J connectivity index is 0.00000484. The number of rotatable bonds is 11. The van der Waals surface area contributed by atoms with E-state index in [9.17, 15) is 13.0 Å². The van der Waals surface area contributed by atoms with Crippen molar-refractivity contribution in [3.63, 3.8) is 0 Å². The molecule has 1 aromatic rings. The van der Waals surface area contributed by atoms with Gasteiger partial charge in [-0.15, -0.1) is 0 Å². The Morgan fingerprint density at radius 2 is 1.35 bits per heavy atom. The molecule has 0 bridgehead atoms. The van der Waals surface area contributed by atoms with Gasteiger partial charge in [0, 0.05) is 0 Å². The third-order valence-corrected chi connectivity index (χ3v) is 5.05. The van der Waals surface area contributed by atoms with Crippen molar-refractivity contribution >= 4 is 10.1 Å². The van der Waals surface area contributed by atoms with Crippen LogP contribution < -0.4 is 29.6 Å². The van der Waals surface area contributed by atoms with Gasteiger partial charge in [0.1, 0.15) is 10.1 Å². The van der Waals surface area contributed by atoms with Crippen LogP contribution in [0.1, 0.15) is 83.1 Å². The largest absolute Gasteiger partial charge is 1.00 e. The Bertz CT molecular complexity index is 512. The van der Waals surface area contributed by atoms with E-state index < -0.39 is 10.1 Å². The quantitative estimate of drug-likeness (QED) is 0.350. The van der Waals surface area contributed by atoms with E-state index in [-0.39, 0.29) is 34.5 Å². The van der Waals surface area contributed by atoms with E-state index >= 15 is 0 Å². The van der Waals surface area contributed by atoms with Crippen LogP contribution in [0.4, 0.5) is 0 Å².